The molecule has 12 heteroatoms. The van der Waals surface area contributed by atoms with Crippen molar-refractivity contribution in [2.75, 3.05) is 0 Å². The second kappa shape index (κ2) is 10.1. The largest absolute Gasteiger partial charge is 1.00 e. The molecule has 0 aliphatic heterocycles. The Kier molecular flexibility index (Phi) is 10.9. The van der Waals surface area contributed by atoms with Crippen molar-refractivity contribution in [3.8, 4) is 11.1 Å². The Morgan fingerprint density at radius 1 is 0.667 bits per heavy atom. The normalized spacial score (nSPS) is 11.3. The van der Waals surface area contributed by atoms with E-state index in [2.05, 4.69) is 0 Å². The molecule has 0 N–H and O–H groups in total. The first-order chi connectivity index (χ1) is 10.00. The standard InChI is InChI=1S/C12H8Cl2O6S2.2K/c13-7-1-3-9(11(5-7)21(15,16)17)10-4-2-8(14)6-12(10)22(18,19)20;;/h1-6H,(H,15,16,17)(H,18,19,20);;/q;2*+1/p-2. The average Bonchev–Trinajstić information content (AvgIpc) is 2.37. The van der Waals surface area contributed by atoms with Crippen molar-refractivity contribution in [2.24, 2.45) is 0 Å². The van der Waals surface area contributed by atoms with E-state index in [1.54, 1.807) is 0 Å². The maximum Gasteiger partial charge on any atom is 1.00 e. The third-order valence-corrected chi connectivity index (χ3v) is 4.94. The van der Waals surface area contributed by atoms with Crippen molar-refractivity contribution >= 4 is 43.4 Å². The van der Waals surface area contributed by atoms with Crippen LogP contribution in [-0.2, 0) is 20.2 Å². The number of benzene rings is 2. The summed E-state index contributed by atoms with van der Waals surface area (Å²) in [5.41, 5.74) is -0.490. The number of rotatable bonds is 3. The Labute approximate surface area is 234 Å². The van der Waals surface area contributed by atoms with Crippen LogP contribution in [0.3, 0.4) is 0 Å². The van der Waals surface area contributed by atoms with Crippen molar-refractivity contribution < 1.29 is 129 Å². The first kappa shape index (κ1) is 26.1. The van der Waals surface area contributed by atoms with Gasteiger partial charge in [0.25, 0.3) is 0 Å². The topological polar surface area (TPSA) is 114 Å². The molecule has 2 aromatic carbocycles. The van der Waals surface area contributed by atoms with E-state index in [0.29, 0.717) is 0 Å². The van der Waals surface area contributed by atoms with Gasteiger partial charge in [-0.15, -0.1) is 0 Å². The van der Waals surface area contributed by atoms with Gasteiger partial charge in [-0.25, -0.2) is 16.8 Å². The van der Waals surface area contributed by atoms with Gasteiger partial charge in [-0.1, -0.05) is 35.3 Å². The van der Waals surface area contributed by atoms with Gasteiger partial charge >= 0.3 is 103 Å². The van der Waals surface area contributed by atoms with Crippen molar-refractivity contribution in [1.29, 1.82) is 0 Å². The molecule has 0 saturated heterocycles. The molecule has 0 amide bonds. The van der Waals surface area contributed by atoms with Crippen LogP contribution in [0.15, 0.2) is 46.2 Å². The third kappa shape index (κ3) is 6.62. The fourth-order valence-electron chi connectivity index (χ4n) is 1.85. The van der Waals surface area contributed by atoms with Gasteiger partial charge in [0.2, 0.25) is 0 Å². The molecule has 0 atom stereocenters. The molecule has 0 aliphatic carbocycles. The molecular formula is C12H6Cl2K2O6S2. The maximum absolute atomic E-state index is 11.3. The van der Waals surface area contributed by atoms with Crippen molar-refractivity contribution in [1.82, 2.24) is 0 Å². The summed E-state index contributed by atoms with van der Waals surface area (Å²) in [7, 11) is -9.88. The minimum absolute atomic E-state index is 0. The summed E-state index contributed by atoms with van der Waals surface area (Å²) in [6.07, 6.45) is 0. The van der Waals surface area contributed by atoms with E-state index in [-0.39, 0.29) is 124 Å². The zero-order valence-electron chi connectivity index (χ0n) is 12.5. The van der Waals surface area contributed by atoms with Gasteiger partial charge in [-0.3, -0.25) is 0 Å². The molecule has 2 rings (SSSR count). The molecule has 0 spiro atoms. The van der Waals surface area contributed by atoms with E-state index in [1.807, 2.05) is 0 Å². The predicted octanol–water partition coefficient (Wildman–Crippen LogP) is -3.52. The van der Waals surface area contributed by atoms with E-state index in [1.165, 1.54) is 12.1 Å². The first-order valence-corrected chi connectivity index (χ1v) is 9.08. The molecule has 0 bridgehead atoms. The van der Waals surface area contributed by atoms with Gasteiger partial charge in [-0.05, 0) is 24.3 Å². The summed E-state index contributed by atoms with van der Waals surface area (Å²) in [5, 5.41) is -0.0580. The van der Waals surface area contributed by atoms with Crippen molar-refractivity contribution in [2.45, 2.75) is 9.79 Å². The molecule has 24 heavy (non-hydrogen) atoms. The molecule has 6 nitrogen and oxygen atoms in total. The SMILES string of the molecule is O=S(=O)([O-])c1cc(Cl)ccc1-c1ccc(Cl)cc1S(=O)(=O)[O-].[K+].[K+]. The fraction of sp³-hybridized carbons (Fsp3) is 0. The molecule has 0 aromatic heterocycles. The molecule has 0 fully saturated rings. The van der Waals surface area contributed by atoms with Crippen LogP contribution in [0.5, 0.6) is 0 Å². The molecular weight excluding hydrogens is 453 g/mol. The van der Waals surface area contributed by atoms with Crippen LogP contribution in [0, 0.1) is 0 Å². The summed E-state index contributed by atoms with van der Waals surface area (Å²) in [6.45, 7) is 0. The van der Waals surface area contributed by atoms with Crippen LogP contribution >= 0.6 is 23.2 Å². The Morgan fingerprint density at radius 2 is 0.958 bits per heavy atom. The van der Waals surface area contributed by atoms with Gasteiger partial charge in [-0.2, -0.15) is 0 Å². The number of hydrogen-bond acceptors (Lipinski definition) is 6. The Balaban J connectivity index is 0.00000264. The average molecular weight is 459 g/mol. The van der Waals surface area contributed by atoms with Crippen LogP contribution < -0.4 is 103 Å². The minimum Gasteiger partial charge on any atom is -0.744 e. The summed E-state index contributed by atoms with van der Waals surface area (Å²) < 4.78 is 68.0. The van der Waals surface area contributed by atoms with Crippen LogP contribution in [0.1, 0.15) is 0 Å². The predicted molar refractivity (Wildman–Crippen MR) is 77.8 cm³/mol. The smallest absolute Gasteiger partial charge is 0.744 e. The molecule has 0 aliphatic rings. The number of halogens is 2. The van der Waals surface area contributed by atoms with E-state index in [9.17, 15) is 25.9 Å². The van der Waals surface area contributed by atoms with Gasteiger partial charge in [0.15, 0.2) is 0 Å². The quantitative estimate of drug-likeness (QED) is 0.347. The Bertz CT molecular complexity index is 882. The third-order valence-electron chi connectivity index (χ3n) is 2.72. The number of hydrogen-bond donors (Lipinski definition) is 0. The Morgan fingerprint density at radius 3 is 1.21 bits per heavy atom. The van der Waals surface area contributed by atoms with Gasteiger partial charge in [0.05, 0.1) is 9.79 Å². The van der Waals surface area contributed by atoms with E-state index < -0.39 is 30.0 Å². The van der Waals surface area contributed by atoms with Crippen LogP contribution in [-0.4, -0.2) is 25.9 Å². The molecule has 0 radical (unpaired) electrons. The summed E-state index contributed by atoms with van der Waals surface area (Å²) in [4.78, 5) is -1.46. The maximum atomic E-state index is 11.3. The zero-order valence-corrected chi connectivity index (χ0v) is 21.9. The molecule has 2 aromatic rings. The minimum atomic E-state index is -4.94. The van der Waals surface area contributed by atoms with Gasteiger partial charge in [0, 0.05) is 21.2 Å². The summed E-state index contributed by atoms with van der Waals surface area (Å²) in [6, 6.07) is 6.59. The van der Waals surface area contributed by atoms with Gasteiger partial charge in [0.1, 0.15) is 20.2 Å². The fourth-order valence-corrected chi connectivity index (χ4v) is 3.76. The molecule has 0 saturated carbocycles. The van der Waals surface area contributed by atoms with E-state index >= 15 is 0 Å². The van der Waals surface area contributed by atoms with Gasteiger partial charge < -0.3 is 9.11 Å². The van der Waals surface area contributed by atoms with Crippen LogP contribution in [0.25, 0.3) is 11.1 Å². The molecule has 0 unspecified atom stereocenters. The molecule has 118 valence electrons. The molecule has 0 heterocycles. The first-order valence-electron chi connectivity index (χ1n) is 5.51. The second-order valence-electron chi connectivity index (χ2n) is 4.19. The monoisotopic (exact) mass is 458 g/mol. The van der Waals surface area contributed by atoms with Crippen molar-refractivity contribution in [3.63, 3.8) is 0 Å². The zero-order chi connectivity index (χ0) is 16.7. The Hall–Kier alpha value is 2.11. The van der Waals surface area contributed by atoms with E-state index in [0.717, 1.165) is 24.3 Å². The summed E-state index contributed by atoms with van der Waals surface area (Å²) >= 11 is 11.3. The van der Waals surface area contributed by atoms with E-state index in [4.69, 9.17) is 23.2 Å². The summed E-state index contributed by atoms with van der Waals surface area (Å²) in [5.74, 6) is 0. The second-order valence-corrected chi connectivity index (χ2v) is 7.76. The van der Waals surface area contributed by atoms with Crippen LogP contribution in [0.4, 0.5) is 0 Å². The van der Waals surface area contributed by atoms with Crippen LogP contribution in [0.2, 0.25) is 10.0 Å². The van der Waals surface area contributed by atoms with Crippen molar-refractivity contribution in [3.05, 3.63) is 46.4 Å².